The fraction of sp³-hybridized carbons (Fsp3) is 0.435. The summed E-state index contributed by atoms with van der Waals surface area (Å²) in [5, 5.41) is 0.555. The number of aromatic nitrogens is 2. The molecule has 0 aliphatic rings. The molecule has 2 aromatic heterocycles. The van der Waals surface area contributed by atoms with Crippen LogP contribution in [0, 0.1) is 0 Å². The van der Waals surface area contributed by atoms with E-state index >= 15 is 0 Å². The number of para-hydroxylation sites is 1. The lowest BCUT2D eigenvalue weighted by Crippen LogP contribution is -2.38. The topological polar surface area (TPSA) is 77.6 Å². The van der Waals surface area contributed by atoms with Gasteiger partial charge in [0.05, 0.1) is 36.4 Å². The average Bonchev–Trinajstić information content (AvgIpc) is 3.30. The zero-order valence-corrected chi connectivity index (χ0v) is 17.8. The second-order valence-electron chi connectivity index (χ2n) is 7.30. The van der Waals surface area contributed by atoms with E-state index in [2.05, 4.69) is 6.92 Å². The molecule has 1 amide bonds. The van der Waals surface area contributed by atoms with E-state index < -0.39 is 6.04 Å². The van der Waals surface area contributed by atoms with Gasteiger partial charge in [0.2, 0.25) is 0 Å². The zero-order chi connectivity index (χ0) is 21.5. The minimum atomic E-state index is -0.409. The molecule has 1 aromatic carbocycles. The van der Waals surface area contributed by atoms with Gasteiger partial charge in [-0.25, -0.2) is 4.98 Å². The van der Waals surface area contributed by atoms with E-state index in [0.717, 1.165) is 19.3 Å². The zero-order valence-electron chi connectivity index (χ0n) is 17.8. The maximum atomic E-state index is 13.2. The molecule has 30 heavy (non-hydrogen) atoms. The Balaban J connectivity index is 2.06. The number of ether oxygens (including phenoxy) is 1. The van der Waals surface area contributed by atoms with Gasteiger partial charge in [0.25, 0.3) is 11.5 Å². The van der Waals surface area contributed by atoms with Crippen LogP contribution in [-0.4, -0.2) is 40.6 Å². The molecule has 0 N–H and O–H groups in total. The Labute approximate surface area is 176 Å². The van der Waals surface area contributed by atoms with Gasteiger partial charge in [-0.2, -0.15) is 0 Å². The number of carbonyl (C=O) groups excluding carboxylic acids is 1. The molecule has 0 radical (unpaired) electrons. The Hall–Kier alpha value is -2.93. The summed E-state index contributed by atoms with van der Waals surface area (Å²) in [7, 11) is 1.60. The number of unbranched alkanes of at least 4 members (excludes halogenated alkanes) is 2. The van der Waals surface area contributed by atoms with Crippen molar-refractivity contribution in [3.63, 3.8) is 0 Å². The highest BCUT2D eigenvalue weighted by molar-refractivity contribution is 5.91. The third-order valence-corrected chi connectivity index (χ3v) is 5.25. The van der Waals surface area contributed by atoms with Gasteiger partial charge in [-0.3, -0.25) is 14.2 Å². The van der Waals surface area contributed by atoms with E-state index in [4.69, 9.17) is 14.1 Å². The summed E-state index contributed by atoms with van der Waals surface area (Å²) in [5.74, 6) is 0.626. The highest BCUT2D eigenvalue weighted by Gasteiger charge is 2.28. The van der Waals surface area contributed by atoms with Gasteiger partial charge in [0, 0.05) is 13.7 Å². The Kier molecular flexibility index (Phi) is 7.41. The molecule has 0 aliphatic heterocycles. The quantitative estimate of drug-likeness (QED) is 0.471. The van der Waals surface area contributed by atoms with Gasteiger partial charge in [-0.1, -0.05) is 31.9 Å². The molecule has 0 saturated heterocycles. The smallest absolute Gasteiger partial charge is 0.290 e. The second-order valence-corrected chi connectivity index (χ2v) is 7.30. The number of carbonyl (C=O) groups is 1. The molecular weight excluding hydrogens is 382 g/mol. The third-order valence-electron chi connectivity index (χ3n) is 5.25. The van der Waals surface area contributed by atoms with Crippen LogP contribution >= 0.6 is 0 Å². The van der Waals surface area contributed by atoms with Gasteiger partial charge >= 0.3 is 0 Å². The molecule has 0 saturated carbocycles. The number of fused-ring (bicyclic) bond motifs is 1. The highest BCUT2D eigenvalue weighted by Crippen LogP contribution is 2.23. The minimum Gasteiger partial charge on any atom is -0.459 e. The van der Waals surface area contributed by atoms with Crippen LogP contribution < -0.4 is 5.56 Å². The average molecular weight is 412 g/mol. The Bertz CT molecular complexity index is 1030. The molecule has 7 nitrogen and oxygen atoms in total. The van der Waals surface area contributed by atoms with Crippen LogP contribution in [0.25, 0.3) is 10.9 Å². The molecule has 0 bridgehead atoms. The molecular formula is C23H29N3O4. The van der Waals surface area contributed by atoms with Crippen LogP contribution in [0.5, 0.6) is 0 Å². The number of benzene rings is 1. The van der Waals surface area contributed by atoms with E-state index in [1.807, 2.05) is 25.1 Å². The second kappa shape index (κ2) is 10.2. The van der Waals surface area contributed by atoms with Gasteiger partial charge in [-0.05, 0) is 37.6 Å². The number of hydrogen-bond donors (Lipinski definition) is 0. The summed E-state index contributed by atoms with van der Waals surface area (Å²) >= 11 is 0. The number of hydrogen-bond acceptors (Lipinski definition) is 5. The first kappa shape index (κ1) is 21.8. The molecule has 2 heterocycles. The van der Waals surface area contributed by atoms with Crippen molar-refractivity contribution in [2.45, 2.75) is 45.7 Å². The van der Waals surface area contributed by atoms with Crippen molar-refractivity contribution in [1.82, 2.24) is 14.5 Å². The summed E-state index contributed by atoms with van der Waals surface area (Å²) in [6, 6.07) is 10.2. The van der Waals surface area contributed by atoms with Crippen molar-refractivity contribution < 1.29 is 13.9 Å². The standard InChI is InChI=1S/C23H29N3O4/c1-4-5-8-13-25(23(28)20-12-9-15-30-20)17(2)21-24-19-11-7-6-10-18(19)22(27)26(21)14-16-29-3/h6-7,9-12,15,17H,4-5,8,13-14,16H2,1-3H3. The molecule has 1 unspecified atom stereocenters. The van der Waals surface area contributed by atoms with E-state index in [1.54, 1.807) is 34.8 Å². The van der Waals surface area contributed by atoms with Crippen molar-refractivity contribution in [3.8, 4) is 0 Å². The lowest BCUT2D eigenvalue weighted by atomic mass is 10.1. The lowest BCUT2D eigenvalue weighted by molar-refractivity contribution is 0.0640. The van der Waals surface area contributed by atoms with Crippen LogP contribution in [0.1, 0.15) is 55.5 Å². The first-order valence-corrected chi connectivity index (χ1v) is 10.4. The number of rotatable bonds is 10. The number of methoxy groups -OCH3 is 1. The lowest BCUT2D eigenvalue weighted by Gasteiger charge is -2.30. The predicted octanol–water partition coefficient (Wildman–Crippen LogP) is 4.03. The molecule has 0 aliphatic carbocycles. The molecule has 160 valence electrons. The monoisotopic (exact) mass is 411 g/mol. The van der Waals surface area contributed by atoms with Crippen molar-refractivity contribution >= 4 is 16.8 Å². The highest BCUT2D eigenvalue weighted by atomic mass is 16.5. The van der Waals surface area contributed by atoms with Crippen LogP contribution in [0.4, 0.5) is 0 Å². The van der Waals surface area contributed by atoms with Gasteiger partial charge in [0.1, 0.15) is 5.82 Å². The van der Waals surface area contributed by atoms with Crippen LogP contribution in [0.2, 0.25) is 0 Å². The summed E-state index contributed by atoms with van der Waals surface area (Å²) in [6.07, 6.45) is 4.41. The fourth-order valence-electron chi connectivity index (χ4n) is 3.59. The largest absolute Gasteiger partial charge is 0.459 e. The van der Waals surface area contributed by atoms with Gasteiger partial charge < -0.3 is 14.1 Å². The fourth-order valence-corrected chi connectivity index (χ4v) is 3.59. The van der Waals surface area contributed by atoms with Gasteiger partial charge in [0.15, 0.2) is 5.76 Å². The Morgan fingerprint density at radius 2 is 2.03 bits per heavy atom. The molecule has 1 atom stereocenters. The first-order valence-electron chi connectivity index (χ1n) is 10.4. The number of nitrogens with zero attached hydrogens (tertiary/aromatic N) is 3. The Morgan fingerprint density at radius 1 is 1.23 bits per heavy atom. The van der Waals surface area contributed by atoms with Crippen LogP contribution in [0.15, 0.2) is 51.9 Å². The minimum absolute atomic E-state index is 0.126. The van der Waals surface area contributed by atoms with E-state index in [-0.39, 0.29) is 17.2 Å². The molecule has 3 aromatic rings. The van der Waals surface area contributed by atoms with Crippen molar-refractivity contribution in [1.29, 1.82) is 0 Å². The number of furan rings is 1. The van der Waals surface area contributed by atoms with Crippen LogP contribution in [0.3, 0.4) is 0 Å². The third kappa shape index (κ3) is 4.62. The Morgan fingerprint density at radius 3 is 2.73 bits per heavy atom. The SMILES string of the molecule is CCCCCN(C(=O)c1ccco1)C(C)c1nc2ccccc2c(=O)n1CCOC. The number of amides is 1. The maximum absolute atomic E-state index is 13.2. The van der Waals surface area contributed by atoms with Gasteiger partial charge in [-0.15, -0.1) is 0 Å². The first-order chi connectivity index (χ1) is 14.6. The van der Waals surface area contributed by atoms with Crippen molar-refractivity contribution in [2.24, 2.45) is 0 Å². The summed E-state index contributed by atoms with van der Waals surface area (Å²) in [5.41, 5.74) is 0.496. The van der Waals surface area contributed by atoms with Crippen molar-refractivity contribution in [2.75, 3.05) is 20.3 Å². The van der Waals surface area contributed by atoms with E-state index in [9.17, 15) is 9.59 Å². The molecule has 3 rings (SSSR count). The van der Waals surface area contributed by atoms with Crippen molar-refractivity contribution in [3.05, 3.63) is 64.6 Å². The van der Waals surface area contributed by atoms with Crippen LogP contribution in [-0.2, 0) is 11.3 Å². The summed E-state index contributed by atoms with van der Waals surface area (Å²) in [6.45, 7) is 5.33. The molecule has 7 heteroatoms. The normalized spacial score (nSPS) is 12.2. The predicted molar refractivity (Wildman–Crippen MR) is 116 cm³/mol. The summed E-state index contributed by atoms with van der Waals surface area (Å²) in [4.78, 5) is 32.9. The van der Waals surface area contributed by atoms with E-state index in [0.29, 0.717) is 36.4 Å². The molecule has 0 spiro atoms. The summed E-state index contributed by atoms with van der Waals surface area (Å²) < 4.78 is 12.2. The molecule has 0 fully saturated rings. The van der Waals surface area contributed by atoms with E-state index in [1.165, 1.54) is 6.26 Å². The maximum Gasteiger partial charge on any atom is 0.290 e.